The van der Waals surface area contributed by atoms with E-state index in [0.29, 0.717) is 5.92 Å². The summed E-state index contributed by atoms with van der Waals surface area (Å²) in [5.74, 6) is 1.34. The van der Waals surface area contributed by atoms with Gasteiger partial charge in [-0.1, -0.05) is 25.5 Å². The van der Waals surface area contributed by atoms with E-state index >= 15 is 0 Å². The number of allylic oxidation sites excluding steroid dienone is 1. The molecule has 0 aromatic heterocycles. The highest BCUT2D eigenvalue weighted by atomic mass is 16.6. The van der Waals surface area contributed by atoms with Crippen molar-refractivity contribution in [3.05, 3.63) is 23.0 Å². The molecule has 29 heavy (non-hydrogen) atoms. The van der Waals surface area contributed by atoms with Crippen LogP contribution in [0.25, 0.3) is 0 Å². The van der Waals surface area contributed by atoms with Crippen LogP contribution in [0, 0.1) is 47.3 Å². The van der Waals surface area contributed by atoms with Crippen molar-refractivity contribution in [2.45, 2.75) is 70.9 Å². The van der Waals surface area contributed by atoms with Crippen LogP contribution < -0.4 is 0 Å². The third-order valence-electron chi connectivity index (χ3n) is 9.72. The van der Waals surface area contributed by atoms with E-state index in [1.165, 1.54) is 5.57 Å². The van der Waals surface area contributed by atoms with Crippen LogP contribution in [-0.4, -0.2) is 40.1 Å². The van der Waals surface area contributed by atoms with Crippen molar-refractivity contribution in [2.75, 3.05) is 0 Å². The van der Waals surface area contributed by atoms with E-state index in [9.17, 15) is 15.0 Å². The minimum atomic E-state index is -0.543. The second kappa shape index (κ2) is 5.67. The van der Waals surface area contributed by atoms with E-state index < -0.39 is 12.2 Å². The van der Waals surface area contributed by atoms with Crippen LogP contribution in [0.4, 0.5) is 0 Å². The van der Waals surface area contributed by atoms with Crippen LogP contribution in [-0.2, 0) is 14.3 Å². The highest BCUT2D eigenvalue weighted by molar-refractivity contribution is 5.91. The van der Waals surface area contributed by atoms with Gasteiger partial charge in [0.2, 0.25) is 0 Å². The van der Waals surface area contributed by atoms with Crippen molar-refractivity contribution in [2.24, 2.45) is 47.3 Å². The average Bonchev–Trinajstić information content (AvgIpc) is 3.16. The van der Waals surface area contributed by atoms with Crippen LogP contribution in [0.15, 0.2) is 23.0 Å². The number of carbonyl (C=O) groups excluding carboxylic acids is 1. The van der Waals surface area contributed by atoms with Gasteiger partial charge in [-0.25, -0.2) is 4.79 Å². The molecular formula is C24H32O5. The molecule has 0 spiro atoms. The molecule has 0 radical (unpaired) electrons. The first-order chi connectivity index (χ1) is 13.7. The number of esters is 1. The summed E-state index contributed by atoms with van der Waals surface area (Å²) in [6.07, 6.45) is 3.79. The zero-order valence-corrected chi connectivity index (χ0v) is 17.7. The molecule has 0 aromatic carbocycles. The summed E-state index contributed by atoms with van der Waals surface area (Å²) in [5, 5.41) is 22.0. The Bertz CT molecular complexity index is 844. The van der Waals surface area contributed by atoms with Gasteiger partial charge in [0.05, 0.1) is 23.7 Å². The predicted octanol–water partition coefficient (Wildman–Crippen LogP) is 2.82. The highest BCUT2D eigenvalue weighted by Gasteiger charge is 2.66. The first-order valence-corrected chi connectivity index (χ1v) is 11.4. The quantitative estimate of drug-likeness (QED) is 0.483. The molecule has 0 aromatic rings. The molecule has 5 heteroatoms. The third-order valence-corrected chi connectivity index (χ3v) is 9.72. The molecule has 3 bridgehead atoms. The molecule has 1 saturated heterocycles. The van der Waals surface area contributed by atoms with Gasteiger partial charge >= 0.3 is 5.97 Å². The molecule has 158 valence electrons. The summed E-state index contributed by atoms with van der Waals surface area (Å²) in [7, 11) is 0. The number of hydrogen-bond donors (Lipinski definition) is 2. The third kappa shape index (κ3) is 2.11. The molecule has 2 N–H and O–H groups in total. The lowest BCUT2D eigenvalue weighted by molar-refractivity contribution is -0.154. The standard InChI is InChI=1S/C24H32O5/c1-9-7-13-17(21(26)11(3)20(13)25)16-12(9)8-14-18(16)19-22-10(2)15(28-23(19)27)5-6-24(14,4)29-22/h7,10-18,20-21,25-26H,5-6,8H2,1-4H3/t10-,11+,12+,13-,14-,15-,16+,17+,18-,20+,21-,24+/m0/s1. The molecule has 5 nitrogen and oxygen atoms in total. The molecular weight excluding hydrogens is 368 g/mol. The lowest BCUT2D eigenvalue weighted by atomic mass is 9.63. The normalized spacial score (nSPS) is 57.4. The molecule has 0 unspecified atom stereocenters. The predicted molar refractivity (Wildman–Crippen MR) is 105 cm³/mol. The summed E-state index contributed by atoms with van der Waals surface area (Å²) < 4.78 is 12.6. The zero-order valence-electron chi connectivity index (χ0n) is 17.7. The number of aliphatic hydroxyl groups is 2. The number of hydrogen-bond acceptors (Lipinski definition) is 5. The van der Waals surface area contributed by atoms with Crippen LogP contribution in [0.5, 0.6) is 0 Å². The summed E-state index contributed by atoms with van der Waals surface area (Å²) in [5.41, 5.74) is 1.77. The van der Waals surface area contributed by atoms with E-state index in [-0.39, 0.29) is 59.1 Å². The molecule has 3 fully saturated rings. The van der Waals surface area contributed by atoms with E-state index in [1.807, 2.05) is 6.92 Å². The highest BCUT2D eigenvalue weighted by Crippen LogP contribution is 2.66. The molecule has 3 heterocycles. The average molecular weight is 401 g/mol. The second-order valence-corrected chi connectivity index (χ2v) is 10.9. The van der Waals surface area contributed by atoms with Crippen LogP contribution >= 0.6 is 0 Å². The topological polar surface area (TPSA) is 76.0 Å². The van der Waals surface area contributed by atoms with Gasteiger partial charge in [0, 0.05) is 23.7 Å². The summed E-state index contributed by atoms with van der Waals surface area (Å²) in [4.78, 5) is 13.2. The van der Waals surface area contributed by atoms with Crippen molar-refractivity contribution >= 4 is 5.97 Å². The summed E-state index contributed by atoms with van der Waals surface area (Å²) >= 11 is 0. The maximum absolute atomic E-state index is 13.2. The second-order valence-electron chi connectivity index (χ2n) is 10.9. The van der Waals surface area contributed by atoms with Gasteiger partial charge < -0.3 is 19.7 Å². The number of aliphatic hydroxyl groups excluding tert-OH is 2. The van der Waals surface area contributed by atoms with E-state index in [4.69, 9.17) is 9.47 Å². The maximum Gasteiger partial charge on any atom is 0.338 e. The maximum atomic E-state index is 13.2. The number of ether oxygens (including phenoxy) is 2. The van der Waals surface area contributed by atoms with Gasteiger partial charge in [-0.3, -0.25) is 0 Å². The van der Waals surface area contributed by atoms with Gasteiger partial charge in [0.1, 0.15) is 17.5 Å². The monoisotopic (exact) mass is 400 g/mol. The van der Waals surface area contributed by atoms with Crippen LogP contribution in [0.2, 0.25) is 0 Å². The SMILES string of the molecule is CC1=C[C@@H]2[C@H](O)[C@@H](C)[C@H](O)[C@H]2[C@@H]2[C@H]3C4=C5O[C@](C)(CC[C@H](OC4=O)[C@@H]5C)[C@H]3C[C@H]12. The Labute approximate surface area is 172 Å². The van der Waals surface area contributed by atoms with E-state index in [0.717, 1.165) is 30.6 Å². The van der Waals surface area contributed by atoms with Gasteiger partial charge in [-0.15, -0.1) is 0 Å². The fourth-order valence-corrected chi connectivity index (χ4v) is 8.16. The Kier molecular flexibility index (Phi) is 3.61. The molecule has 3 aliphatic carbocycles. The Balaban J connectivity index is 1.55. The number of fused-ring (bicyclic) bond motifs is 9. The van der Waals surface area contributed by atoms with Crippen LogP contribution in [0.3, 0.4) is 0 Å². The van der Waals surface area contributed by atoms with E-state index in [1.54, 1.807) is 0 Å². The summed E-state index contributed by atoms with van der Waals surface area (Å²) in [6.45, 7) is 8.47. The molecule has 0 amide bonds. The summed E-state index contributed by atoms with van der Waals surface area (Å²) in [6, 6.07) is 0. The molecule has 6 rings (SSSR count). The first-order valence-electron chi connectivity index (χ1n) is 11.4. The van der Waals surface area contributed by atoms with Crippen molar-refractivity contribution in [3.63, 3.8) is 0 Å². The molecule has 12 atom stereocenters. The Morgan fingerprint density at radius 1 is 1.17 bits per heavy atom. The number of carbonyl (C=O) groups is 1. The Morgan fingerprint density at radius 3 is 2.69 bits per heavy atom. The van der Waals surface area contributed by atoms with Crippen molar-refractivity contribution in [1.29, 1.82) is 0 Å². The molecule has 6 aliphatic rings. The molecule has 2 saturated carbocycles. The van der Waals surface area contributed by atoms with Gasteiger partial charge in [-0.2, -0.15) is 0 Å². The Morgan fingerprint density at radius 2 is 1.93 bits per heavy atom. The largest absolute Gasteiger partial charge is 0.491 e. The fourth-order valence-electron chi connectivity index (χ4n) is 8.16. The van der Waals surface area contributed by atoms with Crippen molar-refractivity contribution in [1.82, 2.24) is 0 Å². The smallest absolute Gasteiger partial charge is 0.338 e. The van der Waals surface area contributed by atoms with Gasteiger partial charge in [-0.05, 0) is 50.9 Å². The van der Waals surface area contributed by atoms with Crippen molar-refractivity contribution in [3.8, 4) is 0 Å². The minimum absolute atomic E-state index is 0.0126. The van der Waals surface area contributed by atoms with Crippen molar-refractivity contribution < 1.29 is 24.5 Å². The lowest BCUT2D eigenvalue weighted by Crippen LogP contribution is -2.49. The van der Waals surface area contributed by atoms with Crippen LogP contribution in [0.1, 0.15) is 47.0 Å². The lowest BCUT2D eigenvalue weighted by Gasteiger charge is -2.48. The fraction of sp³-hybridized carbons (Fsp3) is 0.792. The Hall–Kier alpha value is -1.33. The first kappa shape index (κ1) is 18.4. The van der Waals surface area contributed by atoms with E-state index in [2.05, 4.69) is 26.8 Å². The van der Waals surface area contributed by atoms with Gasteiger partial charge in [0.15, 0.2) is 0 Å². The zero-order chi connectivity index (χ0) is 20.4. The minimum Gasteiger partial charge on any atom is -0.491 e. The van der Waals surface area contributed by atoms with Gasteiger partial charge in [0.25, 0.3) is 0 Å². The number of rotatable bonds is 0. The molecule has 3 aliphatic heterocycles.